The number of aromatic nitrogens is 1. The lowest BCUT2D eigenvalue weighted by Crippen LogP contribution is -2.11. The molecule has 2 fully saturated rings. The summed E-state index contributed by atoms with van der Waals surface area (Å²) in [4.78, 5) is 4.58. The summed E-state index contributed by atoms with van der Waals surface area (Å²) in [6.45, 7) is 2.36. The lowest BCUT2D eigenvalue weighted by Gasteiger charge is -2.07. The highest BCUT2D eigenvalue weighted by Gasteiger charge is 2.23. The van der Waals surface area contributed by atoms with Crippen LogP contribution in [0.1, 0.15) is 36.4 Å². The molecule has 2 nitrogen and oxygen atoms in total. The summed E-state index contributed by atoms with van der Waals surface area (Å²) >= 11 is 0. The van der Waals surface area contributed by atoms with Gasteiger partial charge in [0, 0.05) is 11.9 Å². The van der Waals surface area contributed by atoms with Gasteiger partial charge in [-0.05, 0) is 62.2 Å². The van der Waals surface area contributed by atoms with Crippen LogP contribution in [-0.4, -0.2) is 18.1 Å². The normalized spacial score (nSPS) is 25.7. The van der Waals surface area contributed by atoms with E-state index < -0.39 is 0 Å². The molecule has 1 aliphatic heterocycles. The number of hydrogen-bond acceptors (Lipinski definition) is 2. The van der Waals surface area contributed by atoms with E-state index in [9.17, 15) is 0 Å². The van der Waals surface area contributed by atoms with Crippen molar-refractivity contribution >= 4 is 0 Å². The zero-order valence-corrected chi connectivity index (χ0v) is 9.08. The van der Waals surface area contributed by atoms with E-state index in [1.54, 1.807) is 0 Å². The number of hydrogen-bond donors (Lipinski definition) is 1. The van der Waals surface area contributed by atoms with E-state index in [0.29, 0.717) is 0 Å². The van der Waals surface area contributed by atoms with Gasteiger partial charge in [-0.25, -0.2) is 0 Å². The predicted molar refractivity (Wildman–Crippen MR) is 60.9 cm³/mol. The van der Waals surface area contributed by atoms with Crippen LogP contribution >= 0.6 is 0 Å². The van der Waals surface area contributed by atoms with Crippen LogP contribution in [0.5, 0.6) is 0 Å². The molecule has 0 bridgehead atoms. The highest BCUT2D eigenvalue weighted by molar-refractivity contribution is 5.22. The van der Waals surface area contributed by atoms with E-state index in [-0.39, 0.29) is 0 Å². The Kier molecular flexibility index (Phi) is 2.45. The highest BCUT2D eigenvalue weighted by Crippen LogP contribution is 2.39. The molecule has 15 heavy (non-hydrogen) atoms. The van der Waals surface area contributed by atoms with Crippen LogP contribution in [0.2, 0.25) is 0 Å². The van der Waals surface area contributed by atoms with Crippen molar-refractivity contribution in [2.75, 3.05) is 13.1 Å². The van der Waals surface area contributed by atoms with Gasteiger partial charge in [-0.1, -0.05) is 6.07 Å². The van der Waals surface area contributed by atoms with Gasteiger partial charge in [0.1, 0.15) is 0 Å². The molecule has 1 aromatic heterocycles. The van der Waals surface area contributed by atoms with Crippen LogP contribution in [-0.2, 0) is 6.42 Å². The molecule has 2 heteroatoms. The lowest BCUT2D eigenvalue weighted by atomic mass is 10.0. The molecule has 0 spiro atoms. The Morgan fingerprint density at radius 1 is 1.27 bits per heavy atom. The monoisotopic (exact) mass is 202 g/mol. The van der Waals surface area contributed by atoms with Crippen molar-refractivity contribution in [2.45, 2.75) is 31.6 Å². The molecule has 1 aromatic rings. The van der Waals surface area contributed by atoms with Crippen LogP contribution < -0.4 is 5.32 Å². The molecule has 1 atom stereocenters. The summed E-state index contributed by atoms with van der Waals surface area (Å²) in [5.74, 6) is 1.64. The summed E-state index contributed by atoms with van der Waals surface area (Å²) in [5.41, 5.74) is 2.72. The molecule has 0 radical (unpaired) electrons. The fourth-order valence-electron chi connectivity index (χ4n) is 2.40. The third-order valence-corrected chi connectivity index (χ3v) is 3.56. The lowest BCUT2D eigenvalue weighted by molar-refractivity contribution is 0.571. The molecule has 2 heterocycles. The van der Waals surface area contributed by atoms with Crippen molar-refractivity contribution in [3.63, 3.8) is 0 Å². The Hall–Kier alpha value is -0.890. The Labute approximate surface area is 91.1 Å². The first-order chi connectivity index (χ1) is 7.42. The van der Waals surface area contributed by atoms with E-state index in [0.717, 1.165) is 18.3 Å². The zero-order chi connectivity index (χ0) is 10.1. The average Bonchev–Trinajstić information content (AvgIpc) is 2.99. The Morgan fingerprint density at radius 2 is 2.20 bits per heavy atom. The summed E-state index contributed by atoms with van der Waals surface area (Å²) < 4.78 is 0. The first-order valence-electron chi connectivity index (χ1n) is 6.07. The van der Waals surface area contributed by atoms with E-state index in [4.69, 9.17) is 0 Å². The van der Waals surface area contributed by atoms with Crippen molar-refractivity contribution < 1.29 is 0 Å². The molecule has 1 saturated heterocycles. The minimum absolute atomic E-state index is 0.810. The van der Waals surface area contributed by atoms with Crippen molar-refractivity contribution in [2.24, 2.45) is 5.92 Å². The number of rotatable bonds is 3. The molecule has 0 aromatic carbocycles. The van der Waals surface area contributed by atoms with Crippen molar-refractivity contribution in [3.8, 4) is 0 Å². The van der Waals surface area contributed by atoms with Gasteiger partial charge in [0.25, 0.3) is 0 Å². The van der Waals surface area contributed by atoms with Gasteiger partial charge < -0.3 is 5.32 Å². The molecule has 1 saturated carbocycles. The standard InChI is InChI=1S/C13H18N2/c1-2-11(1)12-3-4-13(15-9-12)7-10-5-6-14-8-10/h3-4,9-11,14H,1-2,5-8H2/t10-/m0/s1. The smallest absolute Gasteiger partial charge is 0.0407 e. The molecular formula is C13H18N2. The maximum Gasteiger partial charge on any atom is 0.0407 e. The fourth-order valence-corrected chi connectivity index (χ4v) is 2.40. The number of nitrogens with zero attached hydrogens (tertiary/aromatic N) is 1. The van der Waals surface area contributed by atoms with Gasteiger partial charge >= 0.3 is 0 Å². The van der Waals surface area contributed by atoms with Crippen molar-refractivity contribution in [1.82, 2.24) is 10.3 Å². The predicted octanol–water partition coefficient (Wildman–Crippen LogP) is 2.11. The third-order valence-electron chi connectivity index (χ3n) is 3.56. The second-order valence-electron chi connectivity index (χ2n) is 4.92. The SMILES string of the molecule is c1cc(C[C@@H]2CCNC2)ncc1C1CC1. The van der Waals surface area contributed by atoms with Crippen LogP contribution in [0.15, 0.2) is 18.3 Å². The Bertz CT molecular complexity index is 321. The molecule has 80 valence electrons. The van der Waals surface area contributed by atoms with Gasteiger partial charge in [-0.3, -0.25) is 4.98 Å². The fraction of sp³-hybridized carbons (Fsp3) is 0.615. The maximum absolute atomic E-state index is 4.58. The van der Waals surface area contributed by atoms with Gasteiger partial charge in [0.05, 0.1) is 0 Å². The average molecular weight is 202 g/mol. The molecular weight excluding hydrogens is 184 g/mol. The van der Waals surface area contributed by atoms with Crippen molar-refractivity contribution in [1.29, 1.82) is 0 Å². The van der Waals surface area contributed by atoms with E-state index in [1.165, 1.54) is 43.6 Å². The van der Waals surface area contributed by atoms with Crippen LogP contribution in [0.3, 0.4) is 0 Å². The summed E-state index contributed by atoms with van der Waals surface area (Å²) in [6, 6.07) is 4.51. The van der Waals surface area contributed by atoms with Crippen LogP contribution in [0.25, 0.3) is 0 Å². The van der Waals surface area contributed by atoms with Gasteiger partial charge in [-0.15, -0.1) is 0 Å². The molecule has 3 rings (SSSR count). The zero-order valence-electron chi connectivity index (χ0n) is 9.08. The second kappa shape index (κ2) is 3.93. The summed E-state index contributed by atoms with van der Waals surface area (Å²) in [5, 5.41) is 3.40. The van der Waals surface area contributed by atoms with Crippen LogP contribution in [0, 0.1) is 5.92 Å². The first kappa shape index (κ1) is 9.34. The molecule has 2 aliphatic rings. The first-order valence-corrected chi connectivity index (χ1v) is 6.07. The van der Waals surface area contributed by atoms with Gasteiger partial charge in [0.2, 0.25) is 0 Å². The summed E-state index contributed by atoms with van der Waals surface area (Å²) in [6.07, 6.45) is 7.29. The second-order valence-corrected chi connectivity index (χ2v) is 4.92. The largest absolute Gasteiger partial charge is 0.316 e. The molecule has 0 amide bonds. The quantitative estimate of drug-likeness (QED) is 0.812. The number of nitrogens with one attached hydrogen (secondary N) is 1. The summed E-state index contributed by atoms with van der Waals surface area (Å²) in [7, 11) is 0. The molecule has 1 aliphatic carbocycles. The Morgan fingerprint density at radius 3 is 2.80 bits per heavy atom. The van der Waals surface area contributed by atoms with E-state index >= 15 is 0 Å². The molecule has 0 unspecified atom stereocenters. The van der Waals surface area contributed by atoms with E-state index in [2.05, 4.69) is 28.6 Å². The van der Waals surface area contributed by atoms with Crippen molar-refractivity contribution in [3.05, 3.63) is 29.6 Å². The third kappa shape index (κ3) is 2.20. The highest BCUT2D eigenvalue weighted by atomic mass is 14.9. The topological polar surface area (TPSA) is 24.9 Å². The maximum atomic E-state index is 4.58. The van der Waals surface area contributed by atoms with E-state index in [1.807, 2.05) is 0 Å². The Balaban J connectivity index is 1.64. The van der Waals surface area contributed by atoms with Gasteiger partial charge in [0.15, 0.2) is 0 Å². The minimum Gasteiger partial charge on any atom is -0.316 e. The van der Waals surface area contributed by atoms with Gasteiger partial charge in [-0.2, -0.15) is 0 Å². The molecule has 1 N–H and O–H groups in total. The number of pyridine rings is 1. The minimum atomic E-state index is 0.810. The van der Waals surface area contributed by atoms with Crippen LogP contribution in [0.4, 0.5) is 0 Å².